The van der Waals surface area contributed by atoms with Crippen molar-refractivity contribution in [2.45, 2.75) is 19.9 Å². The molecule has 0 bridgehead atoms. The minimum atomic E-state index is 0.613. The van der Waals surface area contributed by atoms with Crippen LogP contribution in [0.3, 0.4) is 0 Å². The number of halogens is 1. The quantitative estimate of drug-likeness (QED) is 0.669. The van der Waals surface area contributed by atoms with Crippen molar-refractivity contribution in [3.8, 4) is 0 Å². The molecule has 0 amide bonds. The summed E-state index contributed by atoms with van der Waals surface area (Å²) in [4.78, 5) is 13.0. The number of aromatic nitrogens is 3. The Kier molecular flexibility index (Phi) is 5.80. The fraction of sp³-hybridized carbons (Fsp3) is 0.211. The van der Waals surface area contributed by atoms with Crippen LogP contribution in [-0.4, -0.2) is 21.5 Å². The van der Waals surface area contributed by atoms with Crippen molar-refractivity contribution in [3.05, 3.63) is 76.7 Å². The second kappa shape index (κ2) is 8.44. The zero-order chi connectivity index (χ0) is 17.5. The molecule has 0 aliphatic heterocycles. The van der Waals surface area contributed by atoms with Crippen molar-refractivity contribution in [2.75, 3.05) is 17.2 Å². The molecular weight excluding hydrogens is 334 g/mol. The Morgan fingerprint density at radius 2 is 1.80 bits per heavy atom. The molecule has 0 aliphatic rings. The molecule has 3 rings (SSSR count). The molecule has 0 spiro atoms. The van der Waals surface area contributed by atoms with E-state index in [9.17, 15) is 0 Å². The number of anilines is 2. The Hall–Kier alpha value is -2.66. The molecule has 1 aromatic carbocycles. The molecule has 0 atom stereocenters. The molecule has 6 heteroatoms. The van der Waals surface area contributed by atoms with Gasteiger partial charge in [-0.05, 0) is 48.7 Å². The Morgan fingerprint density at radius 3 is 2.60 bits per heavy atom. The van der Waals surface area contributed by atoms with E-state index in [2.05, 4.69) is 31.7 Å². The molecule has 0 saturated heterocycles. The van der Waals surface area contributed by atoms with Crippen molar-refractivity contribution in [1.82, 2.24) is 15.0 Å². The SMILES string of the molecule is Cc1cc(NCCc2cccc(Cl)c2)nc(NCc2ccncc2)n1. The van der Waals surface area contributed by atoms with Gasteiger partial charge in [0.25, 0.3) is 0 Å². The number of nitrogens with one attached hydrogen (secondary N) is 2. The van der Waals surface area contributed by atoms with Crippen LogP contribution in [0.1, 0.15) is 16.8 Å². The normalized spacial score (nSPS) is 10.5. The maximum Gasteiger partial charge on any atom is 0.225 e. The molecule has 2 N–H and O–H groups in total. The van der Waals surface area contributed by atoms with Crippen molar-refractivity contribution >= 4 is 23.4 Å². The lowest BCUT2D eigenvalue weighted by Gasteiger charge is -2.10. The van der Waals surface area contributed by atoms with Gasteiger partial charge in [-0.2, -0.15) is 4.98 Å². The molecule has 0 unspecified atom stereocenters. The summed E-state index contributed by atoms with van der Waals surface area (Å²) in [5.41, 5.74) is 3.25. The molecule has 0 aliphatic carbocycles. The number of aryl methyl sites for hydroxylation is 1. The summed E-state index contributed by atoms with van der Waals surface area (Å²) in [5.74, 6) is 1.42. The lowest BCUT2D eigenvalue weighted by Crippen LogP contribution is -2.10. The summed E-state index contributed by atoms with van der Waals surface area (Å²) in [6.45, 7) is 3.40. The third kappa shape index (κ3) is 5.43. The van der Waals surface area contributed by atoms with E-state index in [1.165, 1.54) is 5.56 Å². The highest BCUT2D eigenvalue weighted by atomic mass is 35.5. The van der Waals surface area contributed by atoms with Gasteiger partial charge in [0.1, 0.15) is 5.82 Å². The van der Waals surface area contributed by atoms with E-state index in [0.717, 1.165) is 35.1 Å². The lowest BCUT2D eigenvalue weighted by molar-refractivity contribution is 0.981. The summed E-state index contributed by atoms with van der Waals surface area (Å²) < 4.78 is 0. The fourth-order valence-electron chi connectivity index (χ4n) is 2.45. The van der Waals surface area contributed by atoms with Gasteiger partial charge in [-0.15, -0.1) is 0 Å². The second-order valence-corrected chi connectivity index (χ2v) is 6.17. The highest BCUT2D eigenvalue weighted by molar-refractivity contribution is 6.30. The first-order chi connectivity index (χ1) is 12.2. The van der Waals surface area contributed by atoms with Gasteiger partial charge in [-0.25, -0.2) is 4.98 Å². The average Bonchev–Trinajstić information content (AvgIpc) is 2.61. The number of benzene rings is 1. The molecule has 0 fully saturated rings. The molecule has 0 radical (unpaired) electrons. The molecule has 0 saturated carbocycles. The van der Waals surface area contributed by atoms with Gasteiger partial charge in [0.15, 0.2) is 0 Å². The number of hydrogen-bond donors (Lipinski definition) is 2. The predicted octanol–water partition coefficient (Wildman–Crippen LogP) is 4.10. The maximum absolute atomic E-state index is 6.01. The topological polar surface area (TPSA) is 62.7 Å². The van der Waals surface area contributed by atoms with Gasteiger partial charge in [-0.3, -0.25) is 4.98 Å². The fourth-order valence-corrected chi connectivity index (χ4v) is 2.66. The lowest BCUT2D eigenvalue weighted by atomic mass is 10.1. The van der Waals surface area contributed by atoms with Gasteiger partial charge >= 0.3 is 0 Å². The third-order valence-corrected chi connectivity index (χ3v) is 3.90. The van der Waals surface area contributed by atoms with Gasteiger partial charge in [0.2, 0.25) is 5.95 Å². The van der Waals surface area contributed by atoms with E-state index in [0.29, 0.717) is 12.5 Å². The summed E-state index contributed by atoms with van der Waals surface area (Å²) in [6, 6.07) is 13.8. The number of nitrogens with zero attached hydrogens (tertiary/aromatic N) is 3. The standard InChI is InChI=1S/C19H20ClN5/c1-14-11-18(22-10-7-15-3-2-4-17(20)12-15)25-19(24-14)23-13-16-5-8-21-9-6-16/h2-6,8-9,11-12H,7,10,13H2,1H3,(H2,22,23,24,25). The first kappa shape index (κ1) is 17.2. The summed E-state index contributed by atoms with van der Waals surface area (Å²) in [5, 5.41) is 7.36. The maximum atomic E-state index is 6.01. The molecule has 128 valence electrons. The van der Waals surface area contributed by atoms with Crippen molar-refractivity contribution in [1.29, 1.82) is 0 Å². The van der Waals surface area contributed by atoms with Crippen LogP contribution in [0.5, 0.6) is 0 Å². The van der Waals surface area contributed by atoms with Crippen LogP contribution in [0.15, 0.2) is 54.9 Å². The van der Waals surface area contributed by atoms with Crippen LogP contribution < -0.4 is 10.6 Å². The zero-order valence-electron chi connectivity index (χ0n) is 14.0. The Labute approximate surface area is 152 Å². The van der Waals surface area contributed by atoms with Gasteiger partial charge < -0.3 is 10.6 Å². The minimum absolute atomic E-state index is 0.613. The first-order valence-corrected chi connectivity index (χ1v) is 8.53. The molecular formula is C19H20ClN5. The minimum Gasteiger partial charge on any atom is -0.370 e. The molecule has 3 aromatic rings. The molecule has 2 aromatic heterocycles. The summed E-state index contributed by atoms with van der Waals surface area (Å²) in [7, 11) is 0. The molecule has 2 heterocycles. The van der Waals surface area contributed by atoms with Crippen LogP contribution in [0, 0.1) is 6.92 Å². The van der Waals surface area contributed by atoms with Crippen LogP contribution in [0.2, 0.25) is 5.02 Å². The first-order valence-electron chi connectivity index (χ1n) is 8.16. The summed E-state index contributed by atoms with van der Waals surface area (Å²) >= 11 is 6.01. The van der Waals surface area contributed by atoms with E-state index < -0.39 is 0 Å². The third-order valence-electron chi connectivity index (χ3n) is 3.66. The van der Waals surface area contributed by atoms with E-state index >= 15 is 0 Å². The van der Waals surface area contributed by atoms with Crippen molar-refractivity contribution in [3.63, 3.8) is 0 Å². The summed E-state index contributed by atoms with van der Waals surface area (Å²) in [6.07, 6.45) is 4.43. The largest absolute Gasteiger partial charge is 0.370 e. The predicted molar refractivity (Wildman–Crippen MR) is 102 cm³/mol. The zero-order valence-corrected chi connectivity index (χ0v) is 14.8. The van der Waals surface area contributed by atoms with E-state index in [4.69, 9.17) is 11.6 Å². The Morgan fingerprint density at radius 1 is 0.960 bits per heavy atom. The Balaban J connectivity index is 1.57. The van der Waals surface area contributed by atoms with Crippen LogP contribution in [-0.2, 0) is 13.0 Å². The number of hydrogen-bond acceptors (Lipinski definition) is 5. The van der Waals surface area contributed by atoms with Crippen molar-refractivity contribution < 1.29 is 0 Å². The molecule has 5 nitrogen and oxygen atoms in total. The van der Waals surface area contributed by atoms with E-state index in [1.54, 1.807) is 12.4 Å². The van der Waals surface area contributed by atoms with Gasteiger partial charge in [0.05, 0.1) is 0 Å². The Bertz CT molecular complexity index is 823. The highest BCUT2D eigenvalue weighted by Crippen LogP contribution is 2.13. The van der Waals surface area contributed by atoms with Gasteiger partial charge in [-0.1, -0.05) is 23.7 Å². The highest BCUT2D eigenvalue weighted by Gasteiger charge is 2.03. The van der Waals surface area contributed by atoms with E-state index in [1.807, 2.05) is 43.3 Å². The van der Waals surface area contributed by atoms with Crippen LogP contribution >= 0.6 is 11.6 Å². The second-order valence-electron chi connectivity index (χ2n) is 5.73. The smallest absolute Gasteiger partial charge is 0.225 e. The van der Waals surface area contributed by atoms with Crippen LogP contribution in [0.25, 0.3) is 0 Å². The number of pyridine rings is 1. The van der Waals surface area contributed by atoms with Crippen LogP contribution in [0.4, 0.5) is 11.8 Å². The van der Waals surface area contributed by atoms with Crippen molar-refractivity contribution in [2.24, 2.45) is 0 Å². The number of rotatable bonds is 7. The molecule has 25 heavy (non-hydrogen) atoms. The van der Waals surface area contributed by atoms with Gasteiger partial charge in [0, 0.05) is 42.3 Å². The van der Waals surface area contributed by atoms with E-state index in [-0.39, 0.29) is 0 Å². The monoisotopic (exact) mass is 353 g/mol. The average molecular weight is 354 g/mol.